The fourth-order valence-corrected chi connectivity index (χ4v) is 3.18. The normalized spacial score (nSPS) is 11.4. The maximum absolute atomic E-state index is 5.60. The third kappa shape index (κ3) is 4.81. The second-order valence-corrected chi connectivity index (χ2v) is 6.83. The number of ether oxygens (including phenoxy) is 2. The van der Waals surface area contributed by atoms with Crippen LogP contribution in [-0.4, -0.2) is 19.3 Å². The average molecular weight is 393 g/mol. The second kappa shape index (κ2) is 9.24. The van der Waals surface area contributed by atoms with Crippen molar-refractivity contribution in [3.63, 3.8) is 0 Å². The molecule has 0 saturated heterocycles. The van der Waals surface area contributed by atoms with Gasteiger partial charge < -0.3 is 20.1 Å². The summed E-state index contributed by atoms with van der Waals surface area (Å²) in [5.41, 5.74) is 4.27. The topological polar surface area (TPSA) is 42.5 Å². The molecule has 28 heavy (non-hydrogen) atoms. The van der Waals surface area contributed by atoms with Gasteiger partial charge in [-0.05, 0) is 42.4 Å². The molecule has 3 aromatic carbocycles. The predicted octanol–water partition coefficient (Wildman–Crippen LogP) is 5.09. The summed E-state index contributed by atoms with van der Waals surface area (Å²) in [6.45, 7) is 2.08. The Morgan fingerprint density at radius 1 is 0.857 bits per heavy atom. The maximum atomic E-state index is 5.60. The standard InChI is InChI=1S/C23H24N2O2S/c1-16-9-11-18(12-10-16)22(17-7-5-4-6-8-17)25-23(28)24-20-14-13-19(26-2)15-21(20)27-3/h4-15,22H,1-3H3,(H2,24,25,28)/t22-/m0/s1. The summed E-state index contributed by atoms with van der Waals surface area (Å²) in [6, 6.07) is 24.2. The highest BCUT2D eigenvalue weighted by atomic mass is 32.1. The molecule has 0 heterocycles. The first-order valence-electron chi connectivity index (χ1n) is 9.01. The van der Waals surface area contributed by atoms with Gasteiger partial charge in [-0.2, -0.15) is 0 Å². The van der Waals surface area contributed by atoms with Gasteiger partial charge in [0.25, 0.3) is 0 Å². The van der Waals surface area contributed by atoms with E-state index in [1.165, 1.54) is 5.56 Å². The first-order chi connectivity index (χ1) is 13.6. The summed E-state index contributed by atoms with van der Waals surface area (Å²) in [7, 11) is 3.25. The van der Waals surface area contributed by atoms with E-state index in [0.717, 1.165) is 22.6 Å². The number of hydrogen-bond donors (Lipinski definition) is 2. The molecule has 2 N–H and O–H groups in total. The summed E-state index contributed by atoms with van der Waals surface area (Å²) < 4.78 is 10.7. The molecule has 0 aliphatic rings. The van der Waals surface area contributed by atoms with Gasteiger partial charge in [-0.3, -0.25) is 0 Å². The van der Waals surface area contributed by atoms with E-state index >= 15 is 0 Å². The van der Waals surface area contributed by atoms with E-state index < -0.39 is 0 Å². The Bertz CT molecular complexity index is 927. The largest absolute Gasteiger partial charge is 0.497 e. The van der Waals surface area contributed by atoms with Gasteiger partial charge in [-0.15, -0.1) is 0 Å². The highest BCUT2D eigenvalue weighted by Crippen LogP contribution is 2.29. The molecule has 0 saturated carbocycles. The molecule has 1 atom stereocenters. The lowest BCUT2D eigenvalue weighted by Crippen LogP contribution is -2.33. The lowest BCUT2D eigenvalue weighted by atomic mass is 9.98. The molecule has 144 valence electrons. The third-order valence-electron chi connectivity index (χ3n) is 4.48. The van der Waals surface area contributed by atoms with Crippen LogP contribution in [0.1, 0.15) is 22.7 Å². The summed E-state index contributed by atoms with van der Waals surface area (Å²) in [6.07, 6.45) is 0. The molecular weight excluding hydrogens is 368 g/mol. The number of benzene rings is 3. The highest BCUT2D eigenvalue weighted by molar-refractivity contribution is 7.80. The number of methoxy groups -OCH3 is 2. The SMILES string of the molecule is COc1ccc(NC(=S)N[C@@H](c2ccccc2)c2ccc(C)cc2)c(OC)c1. The van der Waals surface area contributed by atoms with Crippen molar-refractivity contribution in [2.24, 2.45) is 0 Å². The molecule has 3 rings (SSSR count). The van der Waals surface area contributed by atoms with Crippen molar-refractivity contribution >= 4 is 23.0 Å². The molecule has 0 aliphatic carbocycles. The van der Waals surface area contributed by atoms with Crippen LogP contribution in [0.3, 0.4) is 0 Å². The van der Waals surface area contributed by atoms with E-state index in [2.05, 4.69) is 54.0 Å². The summed E-state index contributed by atoms with van der Waals surface area (Å²) in [5.74, 6) is 1.39. The molecule has 0 aromatic heterocycles. The van der Waals surface area contributed by atoms with Crippen LogP contribution >= 0.6 is 12.2 Å². The Labute approximate surface area is 171 Å². The minimum Gasteiger partial charge on any atom is -0.497 e. The Morgan fingerprint density at radius 2 is 1.54 bits per heavy atom. The van der Waals surface area contributed by atoms with E-state index in [0.29, 0.717) is 10.9 Å². The molecule has 5 heteroatoms. The Hall–Kier alpha value is -3.05. The molecule has 3 aromatic rings. The van der Waals surface area contributed by atoms with Gasteiger partial charge in [0.05, 0.1) is 25.9 Å². The summed E-state index contributed by atoms with van der Waals surface area (Å²) in [5, 5.41) is 7.18. The third-order valence-corrected chi connectivity index (χ3v) is 4.70. The second-order valence-electron chi connectivity index (χ2n) is 6.42. The van der Waals surface area contributed by atoms with Crippen molar-refractivity contribution in [3.05, 3.63) is 89.5 Å². The quantitative estimate of drug-likeness (QED) is 0.572. The van der Waals surface area contributed by atoms with Crippen LogP contribution in [0, 0.1) is 6.92 Å². The van der Waals surface area contributed by atoms with Crippen molar-refractivity contribution in [1.82, 2.24) is 5.32 Å². The Kier molecular flexibility index (Phi) is 6.50. The van der Waals surface area contributed by atoms with Crippen molar-refractivity contribution in [2.75, 3.05) is 19.5 Å². The van der Waals surface area contributed by atoms with Crippen LogP contribution in [0.15, 0.2) is 72.8 Å². The smallest absolute Gasteiger partial charge is 0.171 e. The average Bonchev–Trinajstić information content (AvgIpc) is 2.73. The van der Waals surface area contributed by atoms with E-state index in [4.69, 9.17) is 21.7 Å². The van der Waals surface area contributed by atoms with Crippen LogP contribution in [-0.2, 0) is 0 Å². The van der Waals surface area contributed by atoms with Crippen molar-refractivity contribution in [2.45, 2.75) is 13.0 Å². The van der Waals surface area contributed by atoms with E-state index in [1.807, 2.05) is 36.4 Å². The number of aryl methyl sites for hydroxylation is 1. The Balaban J connectivity index is 1.83. The fourth-order valence-electron chi connectivity index (χ4n) is 2.95. The van der Waals surface area contributed by atoms with Crippen molar-refractivity contribution in [1.29, 1.82) is 0 Å². The van der Waals surface area contributed by atoms with Crippen LogP contribution in [0.4, 0.5) is 5.69 Å². The van der Waals surface area contributed by atoms with Crippen molar-refractivity contribution in [3.8, 4) is 11.5 Å². The van der Waals surface area contributed by atoms with Crippen LogP contribution < -0.4 is 20.1 Å². The van der Waals surface area contributed by atoms with Crippen LogP contribution in [0.5, 0.6) is 11.5 Å². The zero-order valence-corrected chi connectivity index (χ0v) is 17.0. The molecular formula is C23H24N2O2S. The maximum Gasteiger partial charge on any atom is 0.171 e. The van der Waals surface area contributed by atoms with Gasteiger partial charge in [-0.25, -0.2) is 0 Å². The summed E-state index contributed by atoms with van der Waals surface area (Å²) in [4.78, 5) is 0. The number of rotatable bonds is 6. The summed E-state index contributed by atoms with van der Waals surface area (Å²) >= 11 is 5.60. The van der Waals surface area contributed by atoms with Crippen LogP contribution in [0.2, 0.25) is 0 Å². The first-order valence-corrected chi connectivity index (χ1v) is 9.42. The monoisotopic (exact) mass is 392 g/mol. The minimum atomic E-state index is -0.0638. The number of anilines is 1. The molecule has 0 aliphatic heterocycles. The Morgan fingerprint density at radius 3 is 2.18 bits per heavy atom. The minimum absolute atomic E-state index is 0.0638. The molecule has 0 amide bonds. The lowest BCUT2D eigenvalue weighted by Gasteiger charge is -2.23. The van der Waals surface area contributed by atoms with Gasteiger partial charge in [0, 0.05) is 6.07 Å². The number of thiocarbonyl (C=S) groups is 1. The van der Waals surface area contributed by atoms with Crippen molar-refractivity contribution < 1.29 is 9.47 Å². The zero-order chi connectivity index (χ0) is 19.9. The lowest BCUT2D eigenvalue weighted by molar-refractivity contribution is 0.395. The van der Waals surface area contributed by atoms with Gasteiger partial charge in [0.15, 0.2) is 5.11 Å². The molecule has 0 bridgehead atoms. The molecule has 4 nitrogen and oxygen atoms in total. The van der Waals surface area contributed by atoms with E-state index in [1.54, 1.807) is 14.2 Å². The van der Waals surface area contributed by atoms with Crippen LogP contribution in [0.25, 0.3) is 0 Å². The highest BCUT2D eigenvalue weighted by Gasteiger charge is 2.16. The predicted molar refractivity (Wildman–Crippen MR) is 118 cm³/mol. The molecule has 0 radical (unpaired) electrons. The van der Waals surface area contributed by atoms with E-state index in [-0.39, 0.29) is 6.04 Å². The molecule has 0 spiro atoms. The van der Waals surface area contributed by atoms with Gasteiger partial charge in [0.2, 0.25) is 0 Å². The van der Waals surface area contributed by atoms with E-state index in [9.17, 15) is 0 Å². The zero-order valence-electron chi connectivity index (χ0n) is 16.2. The fraction of sp³-hybridized carbons (Fsp3) is 0.174. The van der Waals surface area contributed by atoms with Gasteiger partial charge in [-0.1, -0.05) is 60.2 Å². The number of hydrogen-bond acceptors (Lipinski definition) is 3. The van der Waals surface area contributed by atoms with Gasteiger partial charge in [0.1, 0.15) is 11.5 Å². The van der Waals surface area contributed by atoms with Gasteiger partial charge >= 0.3 is 0 Å². The number of nitrogens with one attached hydrogen (secondary N) is 2. The molecule has 0 unspecified atom stereocenters. The first kappa shape index (κ1) is 19.7. The molecule has 0 fully saturated rings.